The number of nitrogens with zero attached hydrogens (tertiary/aromatic N) is 11. The molecule has 0 radical (unpaired) electrons. The van der Waals surface area contributed by atoms with Crippen LogP contribution in [0.4, 0.5) is 0 Å². The van der Waals surface area contributed by atoms with Crippen molar-refractivity contribution in [3.8, 4) is 0 Å². The Bertz CT molecular complexity index is 1390. The number of ether oxygens (including phenoxy) is 1. The average molecular weight is 646 g/mol. The molecular weight excluding hydrogens is 598 g/mol. The summed E-state index contributed by atoms with van der Waals surface area (Å²) in [7, 11) is 1.53. The number of hydrazine groups is 1. The van der Waals surface area contributed by atoms with Gasteiger partial charge in [0.25, 0.3) is 5.91 Å². The zero-order chi connectivity index (χ0) is 32.3. The standard InChI is InChI=1S/C33H47N11O3/c1-47-33(46)31(27-34-14-11-15-35-27,28-36-16-12-17-37-28)30(40-20-5-2-6-21-40)43(26-45)32(29-38-18-13-19-39-29,41-22-7-3-8-23-41)44(33)42-24-9-4-10-25-42/h11-19,30,45-46H,2-10,20-26H2,1H3. The van der Waals surface area contributed by atoms with Gasteiger partial charge in [0, 0.05) is 70.5 Å². The Morgan fingerprint density at radius 3 is 1.57 bits per heavy atom. The zero-order valence-electron chi connectivity index (χ0n) is 27.3. The van der Waals surface area contributed by atoms with Gasteiger partial charge < -0.3 is 14.9 Å². The molecule has 7 rings (SSSR count). The SMILES string of the molecule is COC1(O)N(N2CCCCC2)C(c2ncccn2)(N2CCCCC2)N(CO)C(N2CCCCC2)C1(c1ncccn1)c1ncccn1. The fraction of sp³-hybridized carbons (Fsp3) is 0.636. The number of aromatic nitrogens is 6. The predicted octanol–water partition coefficient (Wildman–Crippen LogP) is 1.71. The lowest BCUT2D eigenvalue weighted by Crippen LogP contribution is -2.91. The summed E-state index contributed by atoms with van der Waals surface area (Å²) in [6.45, 7) is 3.79. The van der Waals surface area contributed by atoms with Gasteiger partial charge in [-0.25, -0.2) is 39.8 Å². The van der Waals surface area contributed by atoms with Gasteiger partial charge in [-0.05, 0) is 69.8 Å². The molecule has 2 N–H and O–H groups in total. The van der Waals surface area contributed by atoms with Crippen LogP contribution in [0.2, 0.25) is 0 Å². The van der Waals surface area contributed by atoms with Crippen molar-refractivity contribution in [2.45, 2.75) is 81.1 Å². The molecule has 0 aromatic carbocycles. The molecule has 3 aromatic rings. The number of hydrogen-bond donors (Lipinski definition) is 2. The Morgan fingerprint density at radius 1 is 0.660 bits per heavy atom. The van der Waals surface area contributed by atoms with Crippen LogP contribution in [0.1, 0.15) is 75.3 Å². The van der Waals surface area contributed by atoms with Gasteiger partial charge in [-0.1, -0.05) is 19.3 Å². The maximum Gasteiger partial charge on any atom is 0.267 e. The zero-order valence-corrected chi connectivity index (χ0v) is 27.3. The largest absolute Gasteiger partial charge is 0.381 e. The van der Waals surface area contributed by atoms with Crippen LogP contribution in [0.3, 0.4) is 0 Å². The van der Waals surface area contributed by atoms with E-state index >= 15 is 0 Å². The third-order valence-corrected chi connectivity index (χ3v) is 10.5. The van der Waals surface area contributed by atoms with Crippen molar-refractivity contribution in [2.75, 3.05) is 53.1 Å². The molecule has 4 aliphatic rings. The molecular formula is C33H47N11O3. The van der Waals surface area contributed by atoms with E-state index in [4.69, 9.17) is 34.6 Å². The highest BCUT2D eigenvalue weighted by Crippen LogP contribution is 2.58. The van der Waals surface area contributed by atoms with Crippen molar-refractivity contribution < 1.29 is 14.9 Å². The molecule has 0 spiro atoms. The molecule has 3 unspecified atom stereocenters. The van der Waals surface area contributed by atoms with Gasteiger partial charge in [0.2, 0.25) is 5.79 Å². The maximum atomic E-state index is 14.0. The van der Waals surface area contributed by atoms with Crippen LogP contribution in [-0.2, 0) is 15.9 Å². The minimum atomic E-state index is -2.20. The number of rotatable bonds is 8. The minimum Gasteiger partial charge on any atom is -0.381 e. The Balaban J connectivity index is 1.64. The van der Waals surface area contributed by atoms with Crippen molar-refractivity contribution in [3.05, 3.63) is 72.9 Å². The maximum absolute atomic E-state index is 14.0. The van der Waals surface area contributed by atoms with E-state index in [1.807, 2.05) is 9.91 Å². The van der Waals surface area contributed by atoms with Gasteiger partial charge >= 0.3 is 0 Å². The van der Waals surface area contributed by atoms with Crippen LogP contribution in [-0.4, -0.2) is 130 Å². The predicted molar refractivity (Wildman–Crippen MR) is 171 cm³/mol. The minimum absolute atomic E-state index is 0.299. The van der Waals surface area contributed by atoms with Crippen LogP contribution in [0, 0.1) is 0 Å². The summed E-state index contributed by atoms with van der Waals surface area (Å²) in [4.78, 5) is 36.1. The summed E-state index contributed by atoms with van der Waals surface area (Å²) in [5.41, 5.74) is -1.64. The fourth-order valence-corrected chi connectivity index (χ4v) is 8.58. The van der Waals surface area contributed by atoms with E-state index in [0.717, 1.165) is 70.9 Å². The smallest absolute Gasteiger partial charge is 0.267 e. The summed E-state index contributed by atoms with van der Waals surface area (Å²) in [6.07, 6.45) is 18.3. The van der Waals surface area contributed by atoms with Crippen LogP contribution in [0.25, 0.3) is 0 Å². The molecule has 3 atom stereocenters. The van der Waals surface area contributed by atoms with E-state index in [1.165, 1.54) is 7.11 Å². The van der Waals surface area contributed by atoms with E-state index in [-0.39, 0.29) is 6.73 Å². The van der Waals surface area contributed by atoms with Gasteiger partial charge in [0.15, 0.2) is 22.9 Å². The summed E-state index contributed by atoms with van der Waals surface area (Å²) in [5.74, 6) is -2.51. The van der Waals surface area contributed by atoms with Gasteiger partial charge in [-0.2, -0.15) is 0 Å². The highest BCUT2D eigenvalue weighted by atomic mass is 16.7. The monoisotopic (exact) mass is 645 g/mol. The fourth-order valence-electron chi connectivity index (χ4n) is 8.58. The lowest BCUT2D eigenvalue weighted by atomic mass is 9.72. The second kappa shape index (κ2) is 13.8. The van der Waals surface area contributed by atoms with E-state index < -0.39 is 23.3 Å². The quantitative estimate of drug-likeness (QED) is 0.343. The van der Waals surface area contributed by atoms with Gasteiger partial charge in [-0.3, -0.25) is 9.80 Å². The Kier molecular flexibility index (Phi) is 9.53. The Hall–Kier alpha value is -3.08. The molecule has 252 valence electrons. The van der Waals surface area contributed by atoms with Crippen LogP contribution in [0.5, 0.6) is 0 Å². The highest BCUT2D eigenvalue weighted by Gasteiger charge is 2.79. The summed E-state index contributed by atoms with van der Waals surface area (Å²) < 4.78 is 6.61. The third kappa shape index (κ3) is 5.08. The number of likely N-dealkylation sites (tertiary alicyclic amines) is 2. The number of aliphatic hydroxyl groups is 2. The van der Waals surface area contributed by atoms with Crippen LogP contribution < -0.4 is 0 Å². The third-order valence-electron chi connectivity index (χ3n) is 10.5. The first kappa shape index (κ1) is 32.5. The van der Waals surface area contributed by atoms with Crippen molar-refractivity contribution >= 4 is 0 Å². The second-order valence-corrected chi connectivity index (χ2v) is 12.9. The molecule has 47 heavy (non-hydrogen) atoms. The molecule has 0 amide bonds. The van der Waals surface area contributed by atoms with Gasteiger partial charge in [0.1, 0.15) is 0 Å². The topological polar surface area (TPSA) is 143 Å². The molecule has 4 fully saturated rings. The number of piperidine rings is 3. The first-order valence-corrected chi connectivity index (χ1v) is 17.2. The van der Waals surface area contributed by atoms with Gasteiger partial charge in [-0.15, -0.1) is 5.01 Å². The molecule has 4 saturated heterocycles. The van der Waals surface area contributed by atoms with E-state index in [1.54, 1.807) is 55.4 Å². The molecule has 4 aliphatic heterocycles. The van der Waals surface area contributed by atoms with Crippen LogP contribution in [0.15, 0.2) is 55.4 Å². The highest BCUT2D eigenvalue weighted by molar-refractivity contribution is 5.35. The molecule has 0 aliphatic carbocycles. The molecule has 14 heteroatoms. The Labute approximate surface area is 276 Å². The molecule has 0 bridgehead atoms. The summed E-state index contributed by atoms with van der Waals surface area (Å²) >= 11 is 0. The lowest BCUT2D eigenvalue weighted by molar-refractivity contribution is -0.484. The van der Waals surface area contributed by atoms with E-state index in [2.05, 4.69) is 14.8 Å². The number of aliphatic hydroxyl groups excluding tert-OH is 1. The number of methoxy groups -OCH3 is 1. The first-order valence-electron chi connectivity index (χ1n) is 17.2. The number of hydrogen-bond acceptors (Lipinski definition) is 14. The second-order valence-electron chi connectivity index (χ2n) is 12.9. The molecule has 7 heterocycles. The average Bonchev–Trinajstić information content (AvgIpc) is 3.16. The summed E-state index contributed by atoms with van der Waals surface area (Å²) in [5, 5.41) is 30.1. The Morgan fingerprint density at radius 2 is 1.11 bits per heavy atom. The van der Waals surface area contributed by atoms with Crippen molar-refractivity contribution in [2.24, 2.45) is 0 Å². The van der Waals surface area contributed by atoms with E-state index in [9.17, 15) is 10.2 Å². The van der Waals surface area contributed by atoms with Crippen LogP contribution >= 0.6 is 0 Å². The first-order chi connectivity index (χ1) is 23.1. The van der Waals surface area contributed by atoms with Crippen molar-refractivity contribution in [1.29, 1.82) is 0 Å². The molecule has 0 saturated carbocycles. The lowest BCUT2D eigenvalue weighted by Gasteiger charge is -2.71. The van der Waals surface area contributed by atoms with Gasteiger partial charge in [0.05, 0.1) is 12.9 Å². The van der Waals surface area contributed by atoms with E-state index in [0.29, 0.717) is 43.7 Å². The van der Waals surface area contributed by atoms with Crippen molar-refractivity contribution in [1.82, 2.24) is 54.6 Å². The summed E-state index contributed by atoms with van der Waals surface area (Å²) in [6, 6.07) is 5.32. The van der Waals surface area contributed by atoms with Crippen molar-refractivity contribution in [3.63, 3.8) is 0 Å². The molecule has 14 nitrogen and oxygen atoms in total. The normalized spacial score (nSPS) is 30.3. The molecule has 3 aromatic heterocycles.